The van der Waals surface area contributed by atoms with Crippen molar-refractivity contribution in [2.75, 3.05) is 12.9 Å². The minimum Gasteiger partial charge on any atom is -0.454 e. The molecule has 0 aliphatic carbocycles. The van der Waals surface area contributed by atoms with Crippen molar-refractivity contribution in [2.24, 2.45) is 0 Å². The lowest BCUT2D eigenvalue weighted by Gasteiger charge is -2.06. The summed E-state index contributed by atoms with van der Waals surface area (Å²) in [4.78, 5) is 23.9. The van der Waals surface area contributed by atoms with Crippen LogP contribution in [0.2, 0.25) is 0 Å². The van der Waals surface area contributed by atoms with Crippen LogP contribution in [-0.2, 0) is 20.3 Å². The van der Waals surface area contributed by atoms with Crippen molar-refractivity contribution in [2.45, 2.75) is 5.75 Å². The SMILES string of the molecule is CS(=O)(=O)Cc1ccc(C(=O)OCC(=O)c2ccc(Br)cc2)cc1. The molecule has 0 atom stereocenters. The molecule has 126 valence electrons. The Morgan fingerprint density at radius 3 is 2.04 bits per heavy atom. The summed E-state index contributed by atoms with van der Waals surface area (Å²) in [5, 5.41) is 0. The van der Waals surface area contributed by atoms with Crippen molar-refractivity contribution in [3.05, 3.63) is 69.7 Å². The molecule has 0 amide bonds. The number of ether oxygens (including phenoxy) is 1. The van der Waals surface area contributed by atoms with E-state index >= 15 is 0 Å². The van der Waals surface area contributed by atoms with Gasteiger partial charge in [-0.1, -0.05) is 40.2 Å². The first-order chi connectivity index (χ1) is 11.2. The van der Waals surface area contributed by atoms with Crippen molar-refractivity contribution < 1.29 is 22.7 Å². The number of carbonyl (C=O) groups excluding carboxylic acids is 2. The lowest BCUT2D eigenvalue weighted by Crippen LogP contribution is -2.14. The van der Waals surface area contributed by atoms with Crippen molar-refractivity contribution in [3.63, 3.8) is 0 Å². The van der Waals surface area contributed by atoms with Gasteiger partial charge in [0.25, 0.3) is 0 Å². The maximum Gasteiger partial charge on any atom is 0.338 e. The summed E-state index contributed by atoms with van der Waals surface area (Å²) in [6.45, 7) is -0.356. The quantitative estimate of drug-likeness (QED) is 0.540. The number of esters is 1. The maximum absolute atomic E-state index is 11.9. The topological polar surface area (TPSA) is 77.5 Å². The molecule has 2 rings (SSSR count). The van der Waals surface area contributed by atoms with E-state index in [0.717, 1.165) is 10.7 Å². The smallest absolute Gasteiger partial charge is 0.338 e. The summed E-state index contributed by atoms with van der Waals surface area (Å²) in [7, 11) is -3.13. The van der Waals surface area contributed by atoms with E-state index in [-0.39, 0.29) is 23.7 Å². The fraction of sp³-hybridized carbons (Fsp3) is 0.176. The minimum atomic E-state index is -3.13. The van der Waals surface area contributed by atoms with E-state index in [4.69, 9.17) is 4.74 Å². The predicted molar refractivity (Wildman–Crippen MR) is 93.7 cm³/mol. The molecule has 2 aromatic carbocycles. The number of benzene rings is 2. The van der Waals surface area contributed by atoms with Gasteiger partial charge in [-0.15, -0.1) is 0 Å². The molecular formula is C17H15BrO5S. The highest BCUT2D eigenvalue weighted by atomic mass is 79.9. The van der Waals surface area contributed by atoms with Gasteiger partial charge in [-0.25, -0.2) is 13.2 Å². The number of sulfone groups is 1. The molecule has 0 N–H and O–H groups in total. The van der Waals surface area contributed by atoms with E-state index in [2.05, 4.69) is 15.9 Å². The van der Waals surface area contributed by atoms with Gasteiger partial charge in [0.1, 0.15) is 0 Å². The van der Waals surface area contributed by atoms with Crippen molar-refractivity contribution in [1.29, 1.82) is 0 Å². The Balaban J connectivity index is 1.95. The van der Waals surface area contributed by atoms with Gasteiger partial charge in [0.2, 0.25) is 0 Å². The van der Waals surface area contributed by atoms with E-state index in [0.29, 0.717) is 11.1 Å². The van der Waals surface area contributed by atoms with Crippen molar-refractivity contribution >= 4 is 37.5 Å². The third-order valence-corrected chi connectivity index (χ3v) is 4.51. The molecule has 0 aromatic heterocycles. The van der Waals surface area contributed by atoms with E-state index in [1.165, 1.54) is 12.1 Å². The highest BCUT2D eigenvalue weighted by Gasteiger charge is 2.12. The molecule has 0 fully saturated rings. The third-order valence-electron chi connectivity index (χ3n) is 3.12. The monoisotopic (exact) mass is 410 g/mol. The molecule has 24 heavy (non-hydrogen) atoms. The third kappa shape index (κ3) is 5.58. The zero-order valence-corrected chi connectivity index (χ0v) is 15.3. The van der Waals surface area contributed by atoms with Crippen LogP contribution in [0.4, 0.5) is 0 Å². The molecule has 2 aromatic rings. The molecule has 5 nitrogen and oxygen atoms in total. The second-order valence-corrected chi connectivity index (χ2v) is 8.33. The van der Waals surface area contributed by atoms with Crippen LogP contribution in [-0.4, -0.2) is 33.0 Å². The van der Waals surface area contributed by atoms with Crippen LogP contribution in [0.25, 0.3) is 0 Å². The molecule has 7 heteroatoms. The van der Waals surface area contributed by atoms with E-state index in [1.54, 1.807) is 36.4 Å². The zero-order chi connectivity index (χ0) is 17.7. The van der Waals surface area contributed by atoms with Gasteiger partial charge in [0, 0.05) is 16.3 Å². The fourth-order valence-corrected chi connectivity index (χ4v) is 3.04. The lowest BCUT2D eigenvalue weighted by molar-refractivity contribution is 0.0475. The molecule has 0 saturated heterocycles. The number of rotatable bonds is 6. The highest BCUT2D eigenvalue weighted by molar-refractivity contribution is 9.10. The van der Waals surface area contributed by atoms with Crippen LogP contribution >= 0.6 is 15.9 Å². The summed E-state index contributed by atoms with van der Waals surface area (Å²) in [5.74, 6) is -1.03. The number of ketones is 1. The fourth-order valence-electron chi connectivity index (χ4n) is 1.97. The van der Waals surface area contributed by atoms with Gasteiger partial charge in [-0.05, 0) is 29.8 Å². The molecule has 0 aliphatic rings. The number of Topliss-reactive ketones (excluding diaryl/α,β-unsaturated/α-hetero) is 1. The van der Waals surface area contributed by atoms with Gasteiger partial charge in [-0.2, -0.15) is 0 Å². The molecule has 0 heterocycles. The van der Waals surface area contributed by atoms with Crippen LogP contribution in [0.1, 0.15) is 26.3 Å². The minimum absolute atomic E-state index is 0.0929. The van der Waals surface area contributed by atoms with Crippen molar-refractivity contribution in [1.82, 2.24) is 0 Å². The molecule has 0 unspecified atom stereocenters. The van der Waals surface area contributed by atoms with Crippen LogP contribution in [0.15, 0.2) is 53.0 Å². The molecule has 0 saturated carbocycles. The van der Waals surface area contributed by atoms with Crippen LogP contribution in [0.5, 0.6) is 0 Å². The largest absolute Gasteiger partial charge is 0.454 e. The molecular weight excluding hydrogens is 396 g/mol. The lowest BCUT2D eigenvalue weighted by atomic mass is 10.1. The Morgan fingerprint density at radius 2 is 1.50 bits per heavy atom. The first-order valence-corrected chi connectivity index (χ1v) is 9.82. The normalized spacial score (nSPS) is 11.1. The maximum atomic E-state index is 11.9. The summed E-state index contributed by atoms with van der Waals surface area (Å²) < 4.78 is 28.3. The number of hydrogen-bond donors (Lipinski definition) is 0. The summed E-state index contributed by atoms with van der Waals surface area (Å²) in [5.41, 5.74) is 1.30. The van der Waals surface area contributed by atoms with E-state index < -0.39 is 15.8 Å². The standard InChI is InChI=1S/C17H15BrO5S/c1-24(21,22)11-12-2-4-14(5-3-12)17(20)23-10-16(19)13-6-8-15(18)9-7-13/h2-9H,10-11H2,1H3. The average molecular weight is 411 g/mol. The number of hydrogen-bond acceptors (Lipinski definition) is 5. The Kier molecular flexibility index (Phi) is 5.90. The Morgan fingerprint density at radius 1 is 0.958 bits per heavy atom. The zero-order valence-electron chi connectivity index (χ0n) is 12.9. The molecule has 0 radical (unpaired) electrons. The first kappa shape index (κ1) is 18.4. The van der Waals surface area contributed by atoms with Gasteiger partial charge >= 0.3 is 5.97 Å². The summed E-state index contributed by atoms with van der Waals surface area (Å²) in [6.07, 6.45) is 1.14. The van der Waals surface area contributed by atoms with E-state index in [9.17, 15) is 18.0 Å². The van der Waals surface area contributed by atoms with Gasteiger partial charge in [-0.3, -0.25) is 4.79 Å². The molecule has 0 bridgehead atoms. The highest BCUT2D eigenvalue weighted by Crippen LogP contribution is 2.12. The average Bonchev–Trinajstić information content (AvgIpc) is 2.52. The Hall–Kier alpha value is -1.99. The second-order valence-electron chi connectivity index (χ2n) is 5.27. The Bertz CT molecular complexity index is 840. The number of carbonyl (C=O) groups is 2. The van der Waals surface area contributed by atoms with Crippen molar-refractivity contribution in [3.8, 4) is 0 Å². The number of halogens is 1. The first-order valence-electron chi connectivity index (χ1n) is 6.97. The predicted octanol–water partition coefficient (Wildman–Crippen LogP) is 3.03. The van der Waals surface area contributed by atoms with Gasteiger partial charge in [0.05, 0.1) is 11.3 Å². The second kappa shape index (κ2) is 7.72. The molecule has 0 aliphatic heterocycles. The van der Waals surface area contributed by atoms with Crippen LogP contribution < -0.4 is 0 Å². The van der Waals surface area contributed by atoms with Crippen LogP contribution in [0, 0.1) is 0 Å². The van der Waals surface area contributed by atoms with Gasteiger partial charge < -0.3 is 4.74 Å². The van der Waals surface area contributed by atoms with Crippen LogP contribution in [0.3, 0.4) is 0 Å². The summed E-state index contributed by atoms with van der Waals surface area (Å²) >= 11 is 3.28. The van der Waals surface area contributed by atoms with E-state index in [1.807, 2.05) is 0 Å². The summed E-state index contributed by atoms with van der Waals surface area (Å²) in [6, 6.07) is 12.8. The molecule has 0 spiro atoms. The Labute approximate surface area is 148 Å². The van der Waals surface area contributed by atoms with Gasteiger partial charge in [0.15, 0.2) is 22.2 Å².